The third kappa shape index (κ3) is 2.70. The zero-order valence-corrected chi connectivity index (χ0v) is 12.8. The largest absolute Gasteiger partial charge is 0.305 e. The second kappa shape index (κ2) is 5.52. The van der Waals surface area contributed by atoms with Gasteiger partial charge in [-0.1, -0.05) is 0 Å². The summed E-state index contributed by atoms with van der Waals surface area (Å²) in [5.74, 6) is 0. The van der Waals surface area contributed by atoms with E-state index in [1.165, 1.54) is 10.4 Å². The van der Waals surface area contributed by atoms with Crippen LogP contribution in [0.1, 0.15) is 17.5 Å². The molecule has 0 bridgehead atoms. The van der Waals surface area contributed by atoms with E-state index in [0.717, 1.165) is 6.42 Å². The van der Waals surface area contributed by atoms with Crippen LogP contribution in [-0.4, -0.2) is 50.8 Å². The molecule has 1 saturated heterocycles. The Kier molecular flexibility index (Phi) is 4.14. The van der Waals surface area contributed by atoms with E-state index in [0.29, 0.717) is 29.1 Å². The first-order valence-corrected chi connectivity index (χ1v) is 7.97. The number of aryl methyl sites for hydroxylation is 1. The van der Waals surface area contributed by atoms with Crippen LogP contribution >= 0.6 is 0 Å². The van der Waals surface area contributed by atoms with Crippen molar-refractivity contribution in [2.24, 2.45) is 0 Å². The van der Waals surface area contributed by atoms with Gasteiger partial charge in [0.25, 0.3) is 0 Å². The van der Waals surface area contributed by atoms with Crippen LogP contribution in [0.3, 0.4) is 0 Å². The average Bonchev–Trinajstić information content (AvgIpc) is 2.88. The van der Waals surface area contributed by atoms with Gasteiger partial charge in [0.05, 0.1) is 16.5 Å². The molecule has 1 fully saturated rings. The highest BCUT2D eigenvalue weighted by atomic mass is 32.2. The predicted octanol–water partition coefficient (Wildman–Crippen LogP) is 1.19. The van der Waals surface area contributed by atoms with Gasteiger partial charge in [0.15, 0.2) is 0 Å². The second-order valence-electron chi connectivity index (χ2n) is 5.36. The Labute approximate surface area is 120 Å². The molecule has 0 radical (unpaired) electrons. The molecule has 0 unspecified atom stereocenters. The maximum absolute atomic E-state index is 12.6. The van der Waals surface area contributed by atoms with Crippen LogP contribution in [0.15, 0.2) is 23.1 Å². The number of hydrogen-bond donors (Lipinski definition) is 0. The third-order valence-corrected chi connectivity index (χ3v) is 5.80. The molecule has 1 aromatic carbocycles. The fourth-order valence-electron chi connectivity index (χ4n) is 2.50. The molecule has 1 heterocycles. The van der Waals surface area contributed by atoms with Gasteiger partial charge in [-0.2, -0.15) is 9.57 Å². The summed E-state index contributed by atoms with van der Waals surface area (Å²) >= 11 is 0. The monoisotopic (exact) mass is 293 g/mol. The van der Waals surface area contributed by atoms with Crippen molar-refractivity contribution in [2.75, 3.05) is 27.2 Å². The Morgan fingerprint density at radius 1 is 1.40 bits per heavy atom. The van der Waals surface area contributed by atoms with E-state index in [1.807, 2.05) is 20.2 Å². The molecule has 0 amide bonds. The number of nitrogens with zero attached hydrogens (tertiary/aromatic N) is 3. The lowest BCUT2D eigenvalue weighted by Gasteiger charge is -2.21. The number of nitriles is 1. The molecular formula is C14H19N3O2S. The molecule has 1 aromatic rings. The molecule has 0 spiro atoms. The fourth-order valence-corrected chi connectivity index (χ4v) is 4.20. The van der Waals surface area contributed by atoms with E-state index in [1.54, 1.807) is 19.1 Å². The standard InChI is InChI=1S/C14H19N3O2S/c1-11-8-12(9-15)4-5-14(11)20(18,19)17-7-6-13(10-17)16(2)3/h4-5,8,13H,6-7,10H2,1-3H3/t13-/m1/s1. The van der Waals surface area contributed by atoms with Crippen molar-refractivity contribution >= 4 is 10.0 Å². The van der Waals surface area contributed by atoms with E-state index >= 15 is 0 Å². The highest BCUT2D eigenvalue weighted by molar-refractivity contribution is 7.89. The Morgan fingerprint density at radius 2 is 2.10 bits per heavy atom. The highest BCUT2D eigenvalue weighted by Crippen LogP contribution is 2.25. The number of likely N-dealkylation sites (N-methyl/N-ethyl adjacent to an activating group) is 1. The maximum Gasteiger partial charge on any atom is 0.243 e. The molecule has 1 aliphatic heterocycles. The SMILES string of the molecule is Cc1cc(C#N)ccc1S(=O)(=O)N1CC[C@@H](N(C)C)C1. The van der Waals surface area contributed by atoms with Crippen molar-refractivity contribution in [3.63, 3.8) is 0 Å². The summed E-state index contributed by atoms with van der Waals surface area (Å²) in [4.78, 5) is 2.36. The molecule has 1 aliphatic rings. The van der Waals surface area contributed by atoms with Crippen molar-refractivity contribution in [3.8, 4) is 6.07 Å². The minimum Gasteiger partial charge on any atom is -0.305 e. The molecule has 108 valence electrons. The normalized spacial score (nSPS) is 20.2. The van der Waals surface area contributed by atoms with Gasteiger partial charge in [-0.3, -0.25) is 0 Å². The van der Waals surface area contributed by atoms with E-state index < -0.39 is 10.0 Å². The zero-order chi connectivity index (χ0) is 14.9. The molecular weight excluding hydrogens is 274 g/mol. The molecule has 0 aliphatic carbocycles. The number of hydrogen-bond acceptors (Lipinski definition) is 4. The van der Waals surface area contributed by atoms with E-state index in [2.05, 4.69) is 4.90 Å². The molecule has 2 rings (SSSR count). The lowest BCUT2D eigenvalue weighted by Crippen LogP contribution is -2.34. The second-order valence-corrected chi connectivity index (χ2v) is 7.27. The summed E-state index contributed by atoms with van der Waals surface area (Å²) in [6.07, 6.45) is 0.849. The quantitative estimate of drug-likeness (QED) is 0.840. The molecule has 0 saturated carbocycles. The molecule has 6 heteroatoms. The lowest BCUT2D eigenvalue weighted by molar-refractivity contribution is 0.302. The summed E-state index contributed by atoms with van der Waals surface area (Å²) in [5.41, 5.74) is 1.10. The Morgan fingerprint density at radius 3 is 2.60 bits per heavy atom. The van der Waals surface area contributed by atoms with Gasteiger partial charge in [-0.15, -0.1) is 0 Å². The van der Waals surface area contributed by atoms with Crippen molar-refractivity contribution in [3.05, 3.63) is 29.3 Å². The highest BCUT2D eigenvalue weighted by Gasteiger charge is 2.34. The molecule has 0 aromatic heterocycles. The molecule has 0 N–H and O–H groups in total. The molecule has 5 nitrogen and oxygen atoms in total. The first-order valence-electron chi connectivity index (χ1n) is 6.53. The van der Waals surface area contributed by atoms with Crippen LogP contribution < -0.4 is 0 Å². The third-order valence-electron chi connectivity index (χ3n) is 3.78. The van der Waals surface area contributed by atoms with Crippen LogP contribution in [0.5, 0.6) is 0 Å². The van der Waals surface area contributed by atoms with E-state index in [-0.39, 0.29) is 6.04 Å². The van der Waals surface area contributed by atoms with E-state index in [4.69, 9.17) is 5.26 Å². The Bertz CT molecular complexity index is 647. The van der Waals surface area contributed by atoms with Crippen LogP contribution in [0.25, 0.3) is 0 Å². The minimum absolute atomic E-state index is 0.267. The van der Waals surface area contributed by atoms with Crippen molar-refractivity contribution in [1.29, 1.82) is 5.26 Å². The summed E-state index contributed by atoms with van der Waals surface area (Å²) in [6, 6.07) is 7.00. The number of sulfonamides is 1. The molecule has 1 atom stereocenters. The summed E-state index contributed by atoms with van der Waals surface area (Å²) in [5, 5.41) is 8.85. The van der Waals surface area contributed by atoms with Gasteiger partial charge < -0.3 is 4.90 Å². The van der Waals surface area contributed by atoms with Gasteiger partial charge in [0, 0.05) is 19.1 Å². The predicted molar refractivity (Wildman–Crippen MR) is 76.7 cm³/mol. The van der Waals surface area contributed by atoms with Crippen LogP contribution in [-0.2, 0) is 10.0 Å². The first kappa shape index (κ1) is 15.0. The van der Waals surface area contributed by atoms with Crippen molar-refractivity contribution in [2.45, 2.75) is 24.3 Å². The summed E-state index contributed by atoms with van der Waals surface area (Å²) in [6.45, 7) is 2.80. The van der Waals surface area contributed by atoms with Gasteiger partial charge in [0.2, 0.25) is 10.0 Å². The summed E-state index contributed by atoms with van der Waals surface area (Å²) < 4.78 is 26.8. The van der Waals surface area contributed by atoms with Gasteiger partial charge in [-0.25, -0.2) is 8.42 Å². The lowest BCUT2D eigenvalue weighted by atomic mass is 10.2. The van der Waals surface area contributed by atoms with Gasteiger partial charge in [0.1, 0.15) is 0 Å². The number of rotatable bonds is 3. The minimum atomic E-state index is -3.46. The van der Waals surface area contributed by atoms with Crippen molar-refractivity contribution < 1.29 is 8.42 Å². The van der Waals surface area contributed by atoms with Gasteiger partial charge in [-0.05, 0) is 51.2 Å². The number of benzene rings is 1. The smallest absolute Gasteiger partial charge is 0.243 e. The fraction of sp³-hybridized carbons (Fsp3) is 0.500. The average molecular weight is 293 g/mol. The Hall–Kier alpha value is -1.42. The van der Waals surface area contributed by atoms with Crippen molar-refractivity contribution in [1.82, 2.24) is 9.21 Å². The topological polar surface area (TPSA) is 64.4 Å². The van der Waals surface area contributed by atoms with Crippen LogP contribution in [0, 0.1) is 18.3 Å². The zero-order valence-electron chi connectivity index (χ0n) is 12.0. The van der Waals surface area contributed by atoms with Crippen LogP contribution in [0.2, 0.25) is 0 Å². The Balaban J connectivity index is 2.30. The first-order chi connectivity index (χ1) is 9.36. The summed E-state index contributed by atoms with van der Waals surface area (Å²) in [7, 11) is 0.469. The maximum atomic E-state index is 12.6. The van der Waals surface area contributed by atoms with Crippen LogP contribution in [0.4, 0.5) is 0 Å². The van der Waals surface area contributed by atoms with Gasteiger partial charge >= 0.3 is 0 Å². The molecule has 20 heavy (non-hydrogen) atoms. The van der Waals surface area contributed by atoms with E-state index in [9.17, 15) is 8.42 Å².